The molecule has 0 saturated carbocycles. The number of carboxylic acid groups (broad SMARTS) is 1. The van der Waals surface area contributed by atoms with Gasteiger partial charge in [0.1, 0.15) is 0 Å². The van der Waals surface area contributed by atoms with E-state index >= 15 is 0 Å². The van der Waals surface area contributed by atoms with Crippen LogP contribution in [0.3, 0.4) is 0 Å². The van der Waals surface area contributed by atoms with Crippen LogP contribution >= 0.6 is 0 Å². The van der Waals surface area contributed by atoms with E-state index in [0.717, 1.165) is 26.1 Å². The molecule has 0 unspecified atom stereocenters. The van der Waals surface area contributed by atoms with Crippen LogP contribution in [0.15, 0.2) is 24.3 Å². The molecule has 2 fully saturated rings. The molecule has 0 aliphatic carbocycles. The lowest BCUT2D eigenvalue weighted by Gasteiger charge is -2.33. The van der Waals surface area contributed by atoms with Crippen molar-refractivity contribution >= 4 is 11.9 Å². The molecule has 0 radical (unpaired) electrons. The second-order valence-corrected chi connectivity index (χ2v) is 7.36. The molecule has 156 valence electrons. The number of amides is 1. The summed E-state index contributed by atoms with van der Waals surface area (Å²) in [5, 5.41) is 7.12. The minimum absolute atomic E-state index is 0.0347. The van der Waals surface area contributed by atoms with E-state index in [-0.39, 0.29) is 24.0 Å². The highest BCUT2D eigenvalue weighted by Crippen LogP contribution is 2.33. The zero-order valence-electron chi connectivity index (χ0n) is 16.1. The standard InChI is InChI=1S/C17H24N2O2.C2HF3O2/c1-12-5-4-6-13(7-12)9-19-10-14-8-15(16(11-19)21-14)17(20)18(2)3;3-2(4,5)1(6)7/h4-7,14-16H,8-11H2,1-3H3;(H,6,7)/t14-,15+,16-;/m1./s1. The number of rotatable bonds is 3. The van der Waals surface area contributed by atoms with Gasteiger partial charge in [-0.2, -0.15) is 13.2 Å². The SMILES string of the molecule is Cc1cccc(CN2C[C@H]3C[C@H](C(=O)N(C)C)[C@@H](C2)O3)c1.O=C(O)C(F)(F)F. The summed E-state index contributed by atoms with van der Waals surface area (Å²) in [4.78, 5) is 25.2. The molecule has 3 atom stereocenters. The fourth-order valence-electron chi connectivity index (χ4n) is 3.53. The Labute approximate surface area is 161 Å². The number of likely N-dealkylation sites (tertiary alicyclic amines) is 1. The number of ether oxygens (including phenoxy) is 1. The smallest absolute Gasteiger partial charge is 0.475 e. The Hall–Kier alpha value is -2.13. The van der Waals surface area contributed by atoms with Crippen LogP contribution in [0.5, 0.6) is 0 Å². The molecule has 0 aromatic heterocycles. The minimum atomic E-state index is -5.08. The first-order valence-electron chi connectivity index (χ1n) is 8.92. The molecular formula is C19H25F3N2O4. The topological polar surface area (TPSA) is 70.1 Å². The van der Waals surface area contributed by atoms with Gasteiger partial charge in [0.25, 0.3) is 0 Å². The van der Waals surface area contributed by atoms with Gasteiger partial charge in [-0.25, -0.2) is 4.79 Å². The highest BCUT2D eigenvalue weighted by Gasteiger charge is 2.45. The normalized spacial score (nSPS) is 24.3. The summed E-state index contributed by atoms with van der Waals surface area (Å²) in [6.07, 6.45) is -3.95. The Kier molecular flexibility index (Phi) is 7.06. The number of benzene rings is 1. The van der Waals surface area contributed by atoms with Gasteiger partial charge < -0.3 is 14.7 Å². The Bertz CT molecular complexity index is 709. The zero-order chi connectivity index (χ0) is 21.1. The predicted molar refractivity (Wildman–Crippen MR) is 95.6 cm³/mol. The van der Waals surface area contributed by atoms with Crippen LogP contribution < -0.4 is 0 Å². The van der Waals surface area contributed by atoms with Gasteiger partial charge in [-0.3, -0.25) is 9.69 Å². The number of halogens is 3. The van der Waals surface area contributed by atoms with Crippen molar-refractivity contribution in [3.63, 3.8) is 0 Å². The van der Waals surface area contributed by atoms with Crippen LogP contribution in [-0.4, -0.2) is 72.4 Å². The summed E-state index contributed by atoms with van der Waals surface area (Å²) >= 11 is 0. The van der Waals surface area contributed by atoms with E-state index in [0.29, 0.717) is 0 Å². The summed E-state index contributed by atoms with van der Waals surface area (Å²) in [6, 6.07) is 8.64. The third-order valence-corrected chi connectivity index (χ3v) is 4.72. The van der Waals surface area contributed by atoms with E-state index in [1.54, 1.807) is 4.90 Å². The number of fused-ring (bicyclic) bond motifs is 2. The first-order valence-corrected chi connectivity index (χ1v) is 8.92. The largest absolute Gasteiger partial charge is 0.490 e. The molecule has 1 aromatic carbocycles. The van der Waals surface area contributed by atoms with Gasteiger partial charge in [0.15, 0.2) is 0 Å². The molecule has 1 aromatic rings. The molecule has 2 saturated heterocycles. The maximum absolute atomic E-state index is 12.2. The number of hydrogen-bond acceptors (Lipinski definition) is 4. The van der Waals surface area contributed by atoms with Crippen LogP contribution in [0.25, 0.3) is 0 Å². The van der Waals surface area contributed by atoms with E-state index in [1.165, 1.54) is 11.1 Å². The molecule has 2 aliphatic heterocycles. The molecule has 6 nitrogen and oxygen atoms in total. The van der Waals surface area contributed by atoms with Crippen LogP contribution in [0.1, 0.15) is 17.5 Å². The molecule has 28 heavy (non-hydrogen) atoms. The Morgan fingerprint density at radius 2 is 1.93 bits per heavy atom. The molecule has 2 heterocycles. The molecule has 0 spiro atoms. The lowest BCUT2D eigenvalue weighted by atomic mass is 9.99. The fraction of sp³-hybridized carbons (Fsp3) is 0.579. The van der Waals surface area contributed by atoms with Gasteiger partial charge in [-0.05, 0) is 18.9 Å². The van der Waals surface area contributed by atoms with Crippen molar-refractivity contribution in [3.8, 4) is 0 Å². The third kappa shape index (κ3) is 5.93. The van der Waals surface area contributed by atoms with Gasteiger partial charge >= 0.3 is 12.1 Å². The maximum Gasteiger partial charge on any atom is 0.490 e. The van der Waals surface area contributed by atoms with Crippen LogP contribution in [-0.2, 0) is 20.9 Å². The predicted octanol–water partition coefficient (Wildman–Crippen LogP) is 2.31. The number of aliphatic carboxylic acids is 1. The fourth-order valence-corrected chi connectivity index (χ4v) is 3.53. The van der Waals surface area contributed by atoms with Gasteiger partial charge in [0.2, 0.25) is 5.91 Å². The quantitative estimate of drug-likeness (QED) is 0.840. The average Bonchev–Trinajstić information content (AvgIpc) is 2.88. The summed E-state index contributed by atoms with van der Waals surface area (Å²) in [7, 11) is 3.66. The molecule has 2 aliphatic rings. The lowest BCUT2D eigenvalue weighted by Crippen LogP contribution is -2.44. The third-order valence-electron chi connectivity index (χ3n) is 4.72. The van der Waals surface area contributed by atoms with Gasteiger partial charge in [-0.15, -0.1) is 0 Å². The number of carbonyl (C=O) groups excluding carboxylic acids is 1. The molecule has 1 amide bonds. The van der Waals surface area contributed by atoms with Gasteiger partial charge in [0.05, 0.1) is 18.1 Å². The van der Waals surface area contributed by atoms with Gasteiger partial charge in [0, 0.05) is 33.7 Å². The van der Waals surface area contributed by atoms with Crippen molar-refractivity contribution in [1.29, 1.82) is 0 Å². The number of hydrogen-bond donors (Lipinski definition) is 1. The summed E-state index contributed by atoms with van der Waals surface area (Å²) < 4.78 is 37.7. The van der Waals surface area contributed by atoms with E-state index in [2.05, 4.69) is 36.1 Å². The van der Waals surface area contributed by atoms with E-state index in [4.69, 9.17) is 14.6 Å². The van der Waals surface area contributed by atoms with Crippen molar-refractivity contribution in [2.75, 3.05) is 27.2 Å². The summed E-state index contributed by atoms with van der Waals surface area (Å²) in [6.45, 7) is 4.86. The number of morpholine rings is 1. The number of alkyl halides is 3. The van der Waals surface area contributed by atoms with E-state index in [1.807, 2.05) is 14.1 Å². The highest BCUT2D eigenvalue weighted by atomic mass is 19.4. The van der Waals surface area contributed by atoms with Crippen LogP contribution in [0, 0.1) is 12.8 Å². The highest BCUT2D eigenvalue weighted by molar-refractivity contribution is 5.79. The summed E-state index contributed by atoms with van der Waals surface area (Å²) in [5.41, 5.74) is 2.64. The molecule has 2 bridgehead atoms. The van der Waals surface area contributed by atoms with Crippen molar-refractivity contribution < 1.29 is 32.6 Å². The van der Waals surface area contributed by atoms with Crippen molar-refractivity contribution in [2.45, 2.75) is 38.3 Å². The van der Waals surface area contributed by atoms with Crippen LogP contribution in [0.4, 0.5) is 13.2 Å². The minimum Gasteiger partial charge on any atom is -0.475 e. The second kappa shape index (κ2) is 8.91. The number of carbonyl (C=O) groups is 2. The van der Waals surface area contributed by atoms with Crippen LogP contribution in [0.2, 0.25) is 0 Å². The molecule has 9 heteroatoms. The molecule has 3 rings (SSSR count). The summed E-state index contributed by atoms with van der Waals surface area (Å²) in [5.74, 6) is -2.51. The maximum atomic E-state index is 12.2. The number of nitrogens with zero attached hydrogens (tertiary/aromatic N) is 2. The number of carboxylic acids is 1. The lowest BCUT2D eigenvalue weighted by molar-refractivity contribution is -0.192. The Morgan fingerprint density at radius 1 is 1.29 bits per heavy atom. The monoisotopic (exact) mass is 402 g/mol. The molecule has 1 N–H and O–H groups in total. The average molecular weight is 402 g/mol. The van der Waals surface area contributed by atoms with Crippen molar-refractivity contribution in [2.24, 2.45) is 5.92 Å². The second-order valence-electron chi connectivity index (χ2n) is 7.36. The first-order chi connectivity index (χ1) is 13.0. The first kappa shape index (κ1) is 22.2. The Morgan fingerprint density at radius 3 is 2.46 bits per heavy atom. The number of aryl methyl sites for hydroxylation is 1. The van der Waals surface area contributed by atoms with E-state index < -0.39 is 12.1 Å². The zero-order valence-corrected chi connectivity index (χ0v) is 16.1. The Balaban J connectivity index is 0.000000345. The van der Waals surface area contributed by atoms with Crippen molar-refractivity contribution in [1.82, 2.24) is 9.80 Å². The van der Waals surface area contributed by atoms with Crippen molar-refractivity contribution in [3.05, 3.63) is 35.4 Å². The van der Waals surface area contributed by atoms with Gasteiger partial charge in [-0.1, -0.05) is 29.8 Å². The van der Waals surface area contributed by atoms with E-state index in [9.17, 15) is 18.0 Å². The molecular weight excluding hydrogens is 377 g/mol.